The highest BCUT2D eigenvalue weighted by Gasteiger charge is 2.45. The maximum Gasteiger partial charge on any atom is 0.433 e. The van der Waals surface area contributed by atoms with Crippen molar-refractivity contribution < 1.29 is 22.4 Å². The minimum Gasteiger partial charge on any atom is -0.382 e. The van der Waals surface area contributed by atoms with Gasteiger partial charge in [-0.1, -0.05) is 13.0 Å². The first kappa shape index (κ1) is 21.8. The number of likely N-dealkylation sites (tertiary alicyclic amines) is 1. The number of fused-ring (bicyclic) bond motifs is 6. The van der Waals surface area contributed by atoms with Crippen LogP contribution in [0, 0.1) is 17.7 Å². The summed E-state index contributed by atoms with van der Waals surface area (Å²) >= 11 is 0. The lowest BCUT2D eigenvalue weighted by atomic mass is 9.84. The van der Waals surface area contributed by atoms with Gasteiger partial charge in [-0.2, -0.15) is 13.2 Å². The van der Waals surface area contributed by atoms with Crippen LogP contribution in [-0.4, -0.2) is 36.7 Å². The van der Waals surface area contributed by atoms with E-state index in [1.165, 1.54) is 30.7 Å². The Bertz CT molecular complexity index is 1510. The zero-order valence-corrected chi connectivity index (χ0v) is 18.6. The first-order valence-corrected chi connectivity index (χ1v) is 11.2. The summed E-state index contributed by atoms with van der Waals surface area (Å²) in [5.74, 6) is -1.06. The Hall–Kier alpha value is -3.76. The van der Waals surface area contributed by atoms with Crippen LogP contribution in [0.4, 0.5) is 23.4 Å². The lowest BCUT2D eigenvalue weighted by Gasteiger charge is -2.41. The van der Waals surface area contributed by atoms with E-state index in [0.717, 1.165) is 12.5 Å². The highest BCUT2D eigenvalue weighted by molar-refractivity contribution is 5.99. The number of halogens is 4. The van der Waals surface area contributed by atoms with Crippen LogP contribution in [-0.2, 0) is 12.6 Å². The highest BCUT2D eigenvalue weighted by Crippen LogP contribution is 2.47. The lowest BCUT2D eigenvalue weighted by Crippen LogP contribution is -2.44. The van der Waals surface area contributed by atoms with Crippen molar-refractivity contribution in [3.05, 3.63) is 65.1 Å². The molecule has 35 heavy (non-hydrogen) atoms. The van der Waals surface area contributed by atoms with Crippen molar-refractivity contribution in [2.75, 3.05) is 12.3 Å². The third-order valence-electron chi connectivity index (χ3n) is 7.03. The van der Waals surface area contributed by atoms with E-state index in [1.54, 1.807) is 9.30 Å². The third-order valence-corrected chi connectivity index (χ3v) is 7.03. The number of carbonyl (C=O) groups is 1. The summed E-state index contributed by atoms with van der Waals surface area (Å²) in [6.45, 7) is 2.34. The molecule has 2 N–H and O–H groups in total. The predicted octanol–water partition coefficient (Wildman–Crippen LogP) is 4.41. The molecular weight excluding hydrogens is 464 g/mol. The van der Waals surface area contributed by atoms with Crippen LogP contribution < -0.4 is 5.73 Å². The van der Waals surface area contributed by atoms with E-state index in [1.807, 2.05) is 6.92 Å². The van der Waals surface area contributed by atoms with Gasteiger partial charge in [0.15, 0.2) is 0 Å². The quantitative estimate of drug-likeness (QED) is 0.404. The molecule has 1 amide bonds. The first-order valence-electron chi connectivity index (χ1n) is 11.2. The molecule has 11 heteroatoms. The number of pyridine rings is 1. The first-order chi connectivity index (χ1) is 16.6. The number of piperidine rings is 1. The molecule has 3 aromatic heterocycles. The minimum absolute atomic E-state index is 0.0842. The van der Waals surface area contributed by atoms with Gasteiger partial charge in [-0.25, -0.2) is 19.3 Å². The van der Waals surface area contributed by atoms with Crippen LogP contribution in [0.3, 0.4) is 0 Å². The van der Waals surface area contributed by atoms with Gasteiger partial charge < -0.3 is 10.6 Å². The second kappa shape index (κ2) is 7.37. The Morgan fingerprint density at radius 3 is 2.74 bits per heavy atom. The Kier molecular flexibility index (Phi) is 4.58. The number of nitrogens with two attached hydrogens (primary N) is 1. The molecule has 7 nitrogen and oxygen atoms in total. The molecule has 6 rings (SSSR count). The van der Waals surface area contributed by atoms with Crippen molar-refractivity contribution in [1.82, 2.24) is 24.3 Å². The topological polar surface area (TPSA) is 89.4 Å². The maximum absolute atomic E-state index is 15.2. The van der Waals surface area contributed by atoms with Crippen molar-refractivity contribution in [1.29, 1.82) is 0 Å². The summed E-state index contributed by atoms with van der Waals surface area (Å²) in [5.41, 5.74) is 7.08. The number of amides is 1. The van der Waals surface area contributed by atoms with Crippen LogP contribution in [0.5, 0.6) is 0 Å². The predicted molar refractivity (Wildman–Crippen MR) is 119 cm³/mol. The lowest BCUT2D eigenvalue weighted by molar-refractivity contribution is -0.141. The van der Waals surface area contributed by atoms with Crippen molar-refractivity contribution >= 4 is 28.3 Å². The van der Waals surface area contributed by atoms with E-state index in [4.69, 9.17) is 5.73 Å². The largest absolute Gasteiger partial charge is 0.433 e. The fourth-order valence-corrected chi connectivity index (χ4v) is 5.62. The molecule has 0 bridgehead atoms. The summed E-state index contributed by atoms with van der Waals surface area (Å²) in [7, 11) is 0. The van der Waals surface area contributed by atoms with Gasteiger partial charge in [0.1, 0.15) is 22.8 Å². The molecule has 1 saturated heterocycles. The molecule has 1 aliphatic carbocycles. The second-order valence-electron chi connectivity index (χ2n) is 9.40. The standard InChI is InChI=1S/C24H20F4N6O/c1-11-4-12-5-16-13(2-3-20(31-16)24(26,27)28)21(12)33(9-11)23(35)14-6-18-17(7-15(14)25)32-22(29)19-8-30-10-34(18)19/h2-3,6-8,10-12,21H,4-5,9H2,1H3,(H2,29,32). The van der Waals surface area contributed by atoms with Gasteiger partial charge in [0.25, 0.3) is 5.91 Å². The van der Waals surface area contributed by atoms with Crippen molar-refractivity contribution in [2.24, 2.45) is 11.8 Å². The molecule has 1 aromatic carbocycles. The normalized spacial score (nSPS) is 22.0. The molecule has 3 atom stereocenters. The fourth-order valence-electron chi connectivity index (χ4n) is 5.62. The van der Waals surface area contributed by atoms with E-state index in [0.29, 0.717) is 35.3 Å². The van der Waals surface area contributed by atoms with E-state index >= 15 is 4.39 Å². The Morgan fingerprint density at radius 1 is 1.17 bits per heavy atom. The molecule has 3 unspecified atom stereocenters. The number of aromatic nitrogens is 4. The molecule has 4 heterocycles. The van der Waals surface area contributed by atoms with Gasteiger partial charge in [-0.05, 0) is 42.4 Å². The average molecular weight is 484 g/mol. The van der Waals surface area contributed by atoms with Gasteiger partial charge in [0, 0.05) is 18.3 Å². The van der Waals surface area contributed by atoms with E-state index in [2.05, 4.69) is 15.0 Å². The number of nitrogen functional groups attached to an aromatic ring is 1. The van der Waals surface area contributed by atoms with Crippen molar-refractivity contribution in [2.45, 2.75) is 32.0 Å². The highest BCUT2D eigenvalue weighted by atomic mass is 19.4. The molecule has 0 saturated carbocycles. The summed E-state index contributed by atoms with van der Waals surface area (Å²) in [4.78, 5) is 27.5. The molecule has 1 aliphatic heterocycles. The number of hydrogen-bond acceptors (Lipinski definition) is 5. The average Bonchev–Trinajstić information content (AvgIpc) is 3.42. The molecule has 2 aliphatic rings. The molecule has 0 spiro atoms. The van der Waals surface area contributed by atoms with Gasteiger partial charge in [-0.15, -0.1) is 0 Å². The SMILES string of the molecule is CC1CC2Cc3nc(C(F)(F)F)ccc3C2N(C(=O)c2cc3c(cc2F)nc(N)c2cncn23)C1. The number of carbonyl (C=O) groups excluding carboxylic acids is 1. The van der Waals surface area contributed by atoms with Crippen LogP contribution in [0.25, 0.3) is 16.6 Å². The third kappa shape index (κ3) is 3.32. The molecular formula is C24H20F4N6O. The van der Waals surface area contributed by atoms with E-state index in [9.17, 15) is 18.0 Å². The van der Waals surface area contributed by atoms with Crippen LogP contribution in [0.15, 0.2) is 36.8 Å². The molecule has 1 fully saturated rings. The van der Waals surface area contributed by atoms with Crippen LogP contribution >= 0.6 is 0 Å². The Balaban J connectivity index is 1.44. The number of alkyl halides is 3. The van der Waals surface area contributed by atoms with E-state index in [-0.39, 0.29) is 28.7 Å². The molecule has 180 valence electrons. The summed E-state index contributed by atoms with van der Waals surface area (Å²) in [6, 6.07) is 4.50. The van der Waals surface area contributed by atoms with Gasteiger partial charge >= 0.3 is 6.18 Å². The minimum atomic E-state index is -4.55. The van der Waals surface area contributed by atoms with Crippen LogP contribution in [0.1, 0.15) is 46.7 Å². The Labute approximate surface area is 196 Å². The number of benzene rings is 1. The van der Waals surface area contributed by atoms with Crippen molar-refractivity contribution in [3.63, 3.8) is 0 Å². The summed E-state index contributed by atoms with van der Waals surface area (Å²) < 4.78 is 56.5. The van der Waals surface area contributed by atoms with Crippen molar-refractivity contribution in [3.8, 4) is 0 Å². The maximum atomic E-state index is 15.2. The zero-order valence-electron chi connectivity index (χ0n) is 18.6. The number of imidazole rings is 1. The second-order valence-corrected chi connectivity index (χ2v) is 9.40. The number of nitrogens with zero attached hydrogens (tertiary/aromatic N) is 5. The zero-order chi connectivity index (χ0) is 24.6. The van der Waals surface area contributed by atoms with E-state index < -0.39 is 29.6 Å². The number of rotatable bonds is 1. The molecule has 0 radical (unpaired) electrons. The summed E-state index contributed by atoms with van der Waals surface area (Å²) in [5, 5.41) is 0. The monoisotopic (exact) mass is 484 g/mol. The van der Waals surface area contributed by atoms with Crippen LogP contribution in [0.2, 0.25) is 0 Å². The fraction of sp³-hybridized carbons (Fsp3) is 0.333. The summed E-state index contributed by atoms with van der Waals surface area (Å²) in [6.07, 6.45) is -0.419. The van der Waals surface area contributed by atoms with Gasteiger partial charge in [0.05, 0.1) is 35.2 Å². The number of anilines is 1. The Morgan fingerprint density at radius 2 is 1.97 bits per heavy atom. The smallest absolute Gasteiger partial charge is 0.382 e. The van der Waals surface area contributed by atoms with Gasteiger partial charge in [0.2, 0.25) is 0 Å². The van der Waals surface area contributed by atoms with Gasteiger partial charge in [-0.3, -0.25) is 9.20 Å². The molecule has 4 aromatic rings. The number of hydrogen-bond donors (Lipinski definition) is 1.